The molecule has 1 aliphatic rings. The third kappa shape index (κ3) is 6.35. The van der Waals surface area contributed by atoms with E-state index in [9.17, 15) is 30.0 Å². The molecule has 0 saturated carbocycles. The summed E-state index contributed by atoms with van der Waals surface area (Å²) in [7, 11) is -10.7. The van der Waals surface area contributed by atoms with Gasteiger partial charge < -0.3 is 13.6 Å². The lowest BCUT2D eigenvalue weighted by molar-refractivity contribution is -0.0425. The highest BCUT2D eigenvalue weighted by Gasteiger charge is 2.40. The zero-order valence-electron chi connectivity index (χ0n) is 10.2. The van der Waals surface area contributed by atoms with Gasteiger partial charge in [0.2, 0.25) is 0 Å². The zero-order valence-corrected chi connectivity index (χ0v) is 11.8. The largest absolute Gasteiger partial charge is 0.480 e. The number of alkyl halides is 3. The Morgan fingerprint density at radius 1 is 1.20 bits per heavy atom. The van der Waals surface area contributed by atoms with E-state index in [2.05, 4.69) is 0 Å². The van der Waals surface area contributed by atoms with E-state index >= 15 is 0 Å². The molecular formula is C8H13F3NO6S2-. The average molecular weight is 340 g/mol. The van der Waals surface area contributed by atoms with Crippen LogP contribution in [-0.2, 0) is 29.5 Å². The van der Waals surface area contributed by atoms with Gasteiger partial charge in [0, 0.05) is 12.4 Å². The number of ether oxygens (including phenoxy) is 2. The zero-order chi connectivity index (χ0) is 15.4. The number of nitrogens with zero attached hydrogens (tertiary/aromatic N) is 1. The first-order valence-electron chi connectivity index (χ1n) is 5.51. The van der Waals surface area contributed by atoms with Crippen molar-refractivity contribution in [2.24, 2.45) is 0 Å². The molecule has 0 aromatic rings. The van der Waals surface area contributed by atoms with Gasteiger partial charge in [-0.15, -0.1) is 0 Å². The van der Waals surface area contributed by atoms with Crippen LogP contribution >= 0.6 is 0 Å². The quantitative estimate of drug-likeness (QED) is 0.453. The van der Waals surface area contributed by atoms with E-state index in [0.29, 0.717) is 13.2 Å². The van der Waals surface area contributed by atoms with Gasteiger partial charge in [-0.05, 0) is 12.8 Å². The molecule has 1 saturated heterocycles. The van der Waals surface area contributed by atoms with Gasteiger partial charge in [-0.25, -0.2) is 16.8 Å². The Bertz CT molecular complexity index is 511. The molecule has 1 rings (SSSR count). The first-order chi connectivity index (χ1) is 9.04. The lowest BCUT2D eigenvalue weighted by Crippen LogP contribution is -2.25. The smallest absolute Gasteiger partial charge is 0.428 e. The second-order valence-electron chi connectivity index (χ2n) is 4.02. The van der Waals surface area contributed by atoms with Gasteiger partial charge >= 0.3 is 5.51 Å². The molecule has 1 fully saturated rings. The highest BCUT2D eigenvalue weighted by atomic mass is 32.3. The van der Waals surface area contributed by atoms with Crippen molar-refractivity contribution in [3.05, 3.63) is 4.13 Å². The number of hydrogen-bond donors (Lipinski definition) is 0. The molecule has 12 heteroatoms. The Kier molecular flexibility index (Phi) is 5.78. The van der Waals surface area contributed by atoms with Crippen molar-refractivity contribution in [1.29, 1.82) is 0 Å². The molecule has 1 unspecified atom stereocenters. The molecule has 0 aromatic carbocycles. The van der Waals surface area contributed by atoms with Crippen LogP contribution in [0.3, 0.4) is 0 Å². The number of hydrogen-bond acceptors (Lipinski definition) is 6. The molecule has 0 aliphatic carbocycles. The van der Waals surface area contributed by atoms with E-state index < -0.39 is 31.3 Å². The van der Waals surface area contributed by atoms with E-state index in [-0.39, 0.29) is 25.6 Å². The Balaban J connectivity index is 2.26. The lowest BCUT2D eigenvalue weighted by atomic mass is 10.3. The Labute approximate surface area is 114 Å². The molecule has 0 bridgehead atoms. The topological polar surface area (TPSA) is 104 Å². The molecule has 120 valence electrons. The molecule has 20 heavy (non-hydrogen) atoms. The van der Waals surface area contributed by atoms with Crippen LogP contribution in [0.25, 0.3) is 4.13 Å². The molecule has 1 aliphatic heterocycles. The fourth-order valence-corrected chi connectivity index (χ4v) is 3.50. The second-order valence-corrected chi connectivity index (χ2v) is 7.60. The average Bonchev–Trinajstić information content (AvgIpc) is 3.03. The Morgan fingerprint density at radius 3 is 2.30 bits per heavy atom. The minimum absolute atomic E-state index is 0.0509. The van der Waals surface area contributed by atoms with Gasteiger partial charge in [-0.2, -0.15) is 13.2 Å². The number of rotatable bonds is 9. The summed E-state index contributed by atoms with van der Waals surface area (Å²) < 4.78 is 91.1. The molecule has 1 atom stereocenters. The van der Waals surface area contributed by atoms with Gasteiger partial charge in [0.25, 0.3) is 0 Å². The molecule has 1 heterocycles. The fraction of sp³-hybridized carbons (Fsp3) is 1.00. The van der Waals surface area contributed by atoms with Crippen LogP contribution in [-0.4, -0.2) is 54.0 Å². The molecule has 0 aromatic heterocycles. The summed E-state index contributed by atoms with van der Waals surface area (Å²) in [4.78, 5) is 0. The first kappa shape index (κ1) is 17.6. The number of unbranched alkanes of at least 4 members (excludes halogenated alkanes) is 1. The first-order valence-corrected chi connectivity index (χ1v) is 8.56. The highest BCUT2D eigenvalue weighted by molar-refractivity contribution is 8.12. The Hall–Kier alpha value is -0.430. The lowest BCUT2D eigenvalue weighted by Gasteiger charge is -2.21. The highest BCUT2D eigenvalue weighted by Crippen LogP contribution is 2.30. The predicted octanol–water partition coefficient (Wildman–Crippen LogP) is 0.735. The van der Waals surface area contributed by atoms with Crippen molar-refractivity contribution in [1.82, 2.24) is 0 Å². The van der Waals surface area contributed by atoms with Crippen LogP contribution in [0, 0.1) is 0 Å². The third-order valence-electron chi connectivity index (χ3n) is 2.15. The monoisotopic (exact) mass is 340 g/mol. The summed E-state index contributed by atoms with van der Waals surface area (Å²) >= 11 is 0. The minimum Gasteiger partial charge on any atom is -0.428 e. The molecule has 7 nitrogen and oxygen atoms in total. The van der Waals surface area contributed by atoms with Gasteiger partial charge in [0.1, 0.15) is 6.10 Å². The normalized spacial score (nSPS) is 20.1. The van der Waals surface area contributed by atoms with Gasteiger partial charge in [-0.3, -0.25) is 0 Å². The molecular weight excluding hydrogens is 327 g/mol. The van der Waals surface area contributed by atoms with Crippen molar-refractivity contribution >= 4 is 20.0 Å². The fourth-order valence-electron chi connectivity index (χ4n) is 1.10. The summed E-state index contributed by atoms with van der Waals surface area (Å²) in [6.07, 6.45) is 0.267. The molecule has 0 amide bonds. The minimum atomic E-state index is -6.02. The summed E-state index contributed by atoms with van der Waals surface area (Å²) in [6, 6.07) is 0. The third-order valence-corrected chi connectivity index (χ3v) is 5.23. The standard InChI is InChI=1S/C8H13F3NO6S2/c9-8(10,11)20(15,16)12-19(13,14)4-2-1-3-17-5-7-6-18-7/h7H,1-6H2/q-1. The number of epoxide rings is 1. The maximum absolute atomic E-state index is 12.0. The number of sulfonamides is 2. The van der Waals surface area contributed by atoms with E-state index in [1.807, 2.05) is 4.13 Å². The van der Waals surface area contributed by atoms with Crippen molar-refractivity contribution < 1.29 is 39.5 Å². The molecule has 0 radical (unpaired) electrons. The van der Waals surface area contributed by atoms with E-state index in [0.717, 1.165) is 0 Å². The van der Waals surface area contributed by atoms with Crippen LogP contribution in [0.2, 0.25) is 0 Å². The maximum Gasteiger partial charge on any atom is 0.480 e. The Morgan fingerprint density at radius 2 is 1.80 bits per heavy atom. The van der Waals surface area contributed by atoms with E-state index in [1.54, 1.807) is 0 Å². The summed E-state index contributed by atoms with van der Waals surface area (Å²) in [5.41, 5.74) is -5.71. The van der Waals surface area contributed by atoms with Crippen LogP contribution in [0.15, 0.2) is 0 Å². The molecule has 0 spiro atoms. The van der Waals surface area contributed by atoms with Crippen LogP contribution in [0.1, 0.15) is 12.8 Å². The second kappa shape index (κ2) is 6.56. The summed E-state index contributed by atoms with van der Waals surface area (Å²) in [5.74, 6) is -0.786. The maximum atomic E-state index is 12.0. The van der Waals surface area contributed by atoms with Crippen molar-refractivity contribution in [3.63, 3.8) is 0 Å². The van der Waals surface area contributed by atoms with Crippen LogP contribution < -0.4 is 0 Å². The van der Waals surface area contributed by atoms with Gasteiger partial charge in [0.05, 0.1) is 23.2 Å². The number of halogens is 3. The van der Waals surface area contributed by atoms with E-state index in [1.165, 1.54) is 0 Å². The van der Waals surface area contributed by atoms with Gasteiger partial charge in [-0.1, -0.05) is 0 Å². The van der Waals surface area contributed by atoms with Crippen LogP contribution in [0.4, 0.5) is 13.2 Å². The summed E-state index contributed by atoms with van der Waals surface area (Å²) in [6.45, 7) is 1.20. The predicted molar refractivity (Wildman–Crippen MR) is 61.9 cm³/mol. The van der Waals surface area contributed by atoms with E-state index in [4.69, 9.17) is 9.47 Å². The SMILES string of the molecule is O=S(=O)(CCCCOCC1CO1)[N-]S(=O)(=O)C(F)(F)F. The van der Waals surface area contributed by atoms with Crippen molar-refractivity contribution in [2.45, 2.75) is 24.5 Å². The summed E-state index contributed by atoms with van der Waals surface area (Å²) in [5, 5.41) is 0. The van der Waals surface area contributed by atoms with Gasteiger partial charge in [0.15, 0.2) is 10.0 Å². The van der Waals surface area contributed by atoms with Crippen LogP contribution in [0.5, 0.6) is 0 Å². The van der Waals surface area contributed by atoms with Crippen molar-refractivity contribution in [3.8, 4) is 0 Å². The molecule has 0 N–H and O–H groups in total. The van der Waals surface area contributed by atoms with Crippen molar-refractivity contribution in [2.75, 3.05) is 25.6 Å².